The second kappa shape index (κ2) is 4.80. The van der Waals surface area contributed by atoms with Crippen molar-refractivity contribution in [3.8, 4) is 0 Å². The van der Waals surface area contributed by atoms with Crippen LogP contribution in [0.15, 0.2) is 22.7 Å². The van der Waals surface area contributed by atoms with Crippen LogP contribution in [0.3, 0.4) is 0 Å². The van der Waals surface area contributed by atoms with Crippen LogP contribution in [-0.4, -0.2) is 10.2 Å². The fourth-order valence-corrected chi connectivity index (χ4v) is 1.78. The molecule has 0 spiro atoms. The third-order valence-electron chi connectivity index (χ3n) is 2.18. The van der Waals surface area contributed by atoms with Crippen LogP contribution in [0.25, 0.3) is 0 Å². The number of aromatic amines is 1. The zero-order valence-electron chi connectivity index (χ0n) is 8.38. The second-order valence-corrected chi connectivity index (χ2v) is 4.39. The minimum atomic E-state index is 0.744. The minimum Gasteiger partial charge on any atom is -0.454 e. The van der Waals surface area contributed by atoms with Crippen LogP contribution < -0.4 is 5.32 Å². The first-order valence-electron chi connectivity index (χ1n) is 4.69. The topological polar surface area (TPSA) is 53.9 Å². The molecule has 4 nitrogen and oxygen atoms in total. The molecule has 2 heterocycles. The number of aromatic nitrogens is 2. The summed E-state index contributed by atoms with van der Waals surface area (Å²) in [6.45, 7) is 3.56. The van der Waals surface area contributed by atoms with Gasteiger partial charge in [0, 0.05) is 17.8 Å². The van der Waals surface area contributed by atoms with Crippen LogP contribution in [-0.2, 0) is 13.1 Å². The average molecular weight is 317 g/mol. The van der Waals surface area contributed by atoms with Gasteiger partial charge in [0.1, 0.15) is 5.76 Å². The van der Waals surface area contributed by atoms with Crippen molar-refractivity contribution in [3.63, 3.8) is 0 Å². The predicted molar refractivity (Wildman–Crippen MR) is 65.3 cm³/mol. The summed E-state index contributed by atoms with van der Waals surface area (Å²) in [5.41, 5.74) is 2.30. The van der Waals surface area contributed by atoms with Gasteiger partial charge in [-0.25, -0.2) is 0 Å². The van der Waals surface area contributed by atoms with Crippen molar-refractivity contribution in [2.24, 2.45) is 0 Å². The van der Waals surface area contributed by atoms with Crippen molar-refractivity contribution in [2.75, 3.05) is 0 Å². The van der Waals surface area contributed by atoms with Crippen LogP contribution in [0, 0.1) is 10.7 Å². The van der Waals surface area contributed by atoms with Gasteiger partial charge in [-0.3, -0.25) is 5.10 Å². The molecule has 0 unspecified atom stereocenters. The van der Waals surface area contributed by atoms with E-state index in [9.17, 15) is 0 Å². The quantitative estimate of drug-likeness (QED) is 0.850. The van der Waals surface area contributed by atoms with Crippen molar-refractivity contribution in [1.82, 2.24) is 15.5 Å². The van der Waals surface area contributed by atoms with Crippen molar-refractivity contribution in [2.45, 2.75) is 20.0 Å². The van der Waals surface area contributed by atoms with Crippen molar-refractivity contribution in [1.29, 1.82) is 0 Å². The molecule has 0 amide bonds. The highest BCUT2D eigenvalue weighted by Crippen LogP contribution is 2.10. The van der Waals surface area contributed by atoms with Crippen molar-refractivity contribution in [3.05, 3.63) is 39.1 Å². The van der Waals surface area contributed by atoms with E-state index in [0.29, 0.717) is 0 Å². The summed E-state index contributed by atoms with van der Waals surface area (Å²) in [7, 11) is 0. The van der Waals surface area contributed by atoms with E-state index in [2.05, 4.69) is 38.1 Å². The zero-order valence-corrected chi connectivity index (χ0v) is 10.5. The molecule has 15 heavy (non-hydrogen) atoms. The Kier molecular flexibility index (Phi) is 3.42. The van der Waals surface area contributed by atoms with Gasteiger partial charge < -0.3 is 9.73 Å². The van der Waals surface area contributed by atoms with E-state index < -0.39 is 0 Å². The largest absolute Gasteiger partial charge is 0.454 e. The fraction of sp³-hybridized carbons (Fsp3) is 0.300. The van der Waals surface area contributed by atoms with Gasteiger partial charge in [-0.1, -0.05) is 0 Å². The summed E-state index contributed by atoms with van der Waals surface area (Å²) in [4.78, 5) is 0. The molecule has 2 rings (SSSR count). The van der Waals surface area contributed by atoms with Crippen LogP contribution in [0.1, 0.15) is 17.0 Å². The molecule has 0 aromatic carbocycles. The first kappa shape index (κ1) is 10.7. The van der Waals surface area contributed by atoms with E-state index in [0.717, 1.165) is 28.3 Å². The first-order valence-corrected chi connectivity index (χ1v) is 5.77. The Morgan fingerprint density at radius 3 is 2.93 bits per heavy atom. The molecule has 0 radical (unpaired) electrons. The van der Waals surface area contributed by atoms with Crippen molar-refractivity contribution < 1.29 is 4.42 Å². The Morgan fingerprint density at radius 2 is 2.33 bits per heavy atom. The summed E-state index contributed by atoms with van der Waals surface area (Å²) in [6, 6.07) is 3.94. The van der Waals surface area contributed by atoms with Gasteiger partial charge in [0.25, 0.3) is 0 Å². The van der Waals surface area contributed by atoms with E-state index in [1.165, 1.54) is 5.56 Å². The number of hydrogen-bond acceptors (Lipinski definition) is 3. The number of halogens is 1. The summed E-state index contributed by atoms with van der Waals surface area (Å²) in [5.74, 6) is 0.959. The zero-order chi connectivity index (χ0) is 10.7. The van der Waals surface area contributed by atoms with E-state index in [4.69, 9.17) is 4.42 Å². The fourth-order valence-electron chi connectivity index (χ4n) is 1.32. The Balaban J connectivity index is 1.83. The summed E-state index contributed by atoms with van der Waals surface area (Å²) in [5, 5.41) is 10.2. The number of rotatable bonds is 4. The highest BCUT2D eigenvalue weighted by molar-refractivity contribution is 14.1. The van der Waals surface area contributed by atoms with E-state index in [1.54, 1.807) is 0 Å². The van der Waals surface area contributed by atoms with Crippen LogP contribution in [0.2, 0.25) is 0 Å². The highest BCUT2D eigenvalue weighted by atomic mass is 127. The third-order valence-corrected chi connectivity index (χ3v) is 2.76. The maximum absolute atomic E-state index is 5.43. The lowest BCUT2D eigenvalue weighted by Crippen LogP contribution is -2.12. The molecule has 0 aliphatic carbocycles. The number of aryl methyl sites for hydroxylation is 1. The van der Waals surface area contributed by atoms with Gasteiger partial charge in [0.05, 0.1) is 12.7 Å². The molecule has 0 saturated carbocycles. The summed E-state index contributed by atoms with van der Waals surface area (Å²) >= 11 is 2.16. The molecule has 0 fully saturated rings. The number of hydrogen-bond donors (Lipinski definition) is 2. The third kappa shape index (κ3) is 2.82. The number of furan rings is 1. The second-order valence-electron chi connectivity index (χ2n) is 3.33. The molecule has 80 valence electrons. The molecule has 2 N–H and O–H groups in total. The Morgan fingerprint density at radius 1 is 1.47 bits per heavy atom. The van der Waals surface area contributed by atoms with Crippen LogP contribution in [0.5, 0.6) is 0 Å². The molecule has 0 bridgehead atoms. The smallest absolute Gasteiger partial charge is 0.164 e. The van der Waals surface area contributed by atoms with Gasteiger partial charge in [0.15, 0.2) is 3.77 Å². The lowest BCUT2D eigenvalue weighted by molar-refractivity contribution is 0.463. The molecular formula is C10H12IN3O. The number of nitrogens with zero attached hydrogens (tertiary/aromatic N) is 1. The normalized spacial score (nSPS) is 10.8. The molecule has 0 saturated heterocycles. The van der Waals surface area contributed by atoms with Crippen LogP contribution in [0.4, 0.5) is 0 Å². The SMILES string of the molecule is Cc1[nH]ncc1CNCc1ccc(I)o1. The van der Waals surface area contributed by atoms with Gasteiger partial charge in [-0.15, -0.1) is 0 Å². The maximum atomic E-state index is 5.43. The molecule has 0 aliphatic heterocycles. The summed E-state index contributed by atoms with van der Waals surface area (Å²) in [6.07, 6.45) is 1.84. The molecular weight excluding hydrogens is 305 g/mol. The molecule has 5 heteroatoms. The van der Waals surface area contributed by atoms with Gasteiger partial charge in [-0.05, 0) is 41.6 Å². The highest BCUT2D eigenvalue weighted by Gasteiger charge is 2.01. The lowest BCUT2D eigenvalue weighted by Gasteiger charge is -2.00. The van der Waals surface area contributed by atoms with E-state index in [1.807, 2.05) is 25.3 Å². The average Bonchev–Trinajstić information content (AvgIpc) is 2.77. The molecule has 0 atom stereocenters. The lowest BCUT2D eigenvalue weighted by atomic mass is 10.2. The minimum absolute atomic E-state index is 0.744. The Hall–Kier alpha value is -0.820. The van der Waals surface area contributed by atoms with E-state index >= 15 is 0 Å². The summed E-state index contributed by atoms with van der Waals surface area (Å²) < 4.78 is 6.35. The first-order chi connectivity index (χ1) is 7.25. The van der Waals surface area contributed by atoms with Gasteiger partial charge in [0.2, 0.25) is 0 Å². The van der Waals surface area contributed by atoms with Gasteiger partial charge in [-0.2, -0.15) is 5.10 Å². The maximum Gasteiger partial charge on any atom is 0.164 e. The number of H-pyrrole nitrogens is 1. The number of nitrogens with one attached hydrogen (secondary N) is 2. The van der Waals surface area contributed by atoms with E-state index in [-0.39, 0.29) is 0 Å². The predicted octanol–water partition coefficient (Wildman–Crippen LogP) is 2.21. The monoisotopic (exact) mass is 317 g/mol. The van der Waals surface area contributed by atoms with Crippen molar-refractivity contribution >= 4 is 22.6 Å². The molecule has 2 aromatic rings. The van der Waals surface area contributed by atoms with Crippen LogP contribution >= 0.6 is 22.6 Å². The molecule has 0 aliphatic rings. The van der Waals surface area contributed by atoms with Gasteiger partial charge >= 0.3 is 0 Å². The molecule has 2 aromatic heterocycles. The Bertz CT molecular complexity index is 435. The standard InChI is InChI=1S/C10H12IN3O/c1-7-8(5-13-14-7)4-12-6-9-2-3-10(11)15-9/h2-3,5,12H,4,6H2,1H3,(H,13,14). The Labute approximate surface area is 102 Å².